The molecule has 212 valence electrons. The Morgan fingerprint density at radius 3 is 2.00 bits per heavy atom. The summed E-state index contributed by atoms with van der Waals surface area (Å²) < 4.78 is 11.4. The van der Waals surface area contributed by atoms with Crippen LogP contribution in [0.1, 0.15) is 18.0 Å². The summed E-state index contributed by atoms with van der Waals surface area (Å²) in [6.07, 6.45) is 7.74. The molecule has 0 saturated carbocycles. The molecular formula is C42H28N2O. The molecule has 1 aliphatic carbocycles. The molecule has 1 unspecified atom stereocenters. The molecule has 0 saturated heterocycles. The largest absolute Gasteiger partial charge is 0.456 e. The molecule has 0 bridgehead atoms. The molecule has 0 radical (unpaired) electrons. The highest BCUT2D eigenvalue weighted by Gasteiger charge is 2.26. The molecule has 1 aliphatic rings. The number of allylic oxidation sites excluding steroid dienone is 4. The summed E-state index contributed by atoms with van der Waals surface area (Å²) in [5.41, 5.74) is 10.5. The number of fused-ring (bicyclic) bond motifs is 10. The molecule has 6 aromatic carbocycles. The number of furan rings is 1. The second kappa shape index (κ2) is 9.35. The van der Waals surface area contributed by atoms with Crippen LogP contribution in [0.2, 0.25) is 0 Å². The molecule has 0 N–H and O–H groups in total. The smallest absolute Gasteiger partial charge is 0.137 e. The molecule has 3 aromatic heterocycles. The van der Waals surface area contributed by atoms with Crippen molar-refractivity contribution in [2.75, 3.05) is 0 Å². The fraction of sp³-hybridized carbons (Fsp3) is 0.0476. The Bertz CT molecular complexity index is 2640. The normalized spacial score (nSPS) is 15.3. The average Bonchev–Trinajstić information content (AvgIpc) is 3.76. The van der Waals surface area contributed by atoms with Gasteiger partial charge in [-0.1, -0.05) is 103 Å². The monoisotopic (exact) mass is 576 g/mol. The van der Waals surface area contributed by atoms with Gasteiger partial charge in [0.25, 0.3) is 0 Å². The van der Waals surface area contributed by atoms with E-state index in [1.807, 2.05) is 6.07 Å². The molecular weight excluding hydrogens is 548 g/mol. The first-order valence-corrected chi connectivity index (χ1v) is 15.6. The first-order valence-electron chi connectivity index (χ1n) is 15.6. The van der Waals surface area contributed by atoms with Crippen LogP contribution in [0.3, 0.4) is 0 Å². The Labute approximate surface area is 259 Å². The minimum Gasteiger partial charge on any atom is -0.456 e. The molecule has 0 spiro atoms. The van der Waals surface area contributed by atoms with Gasteiger partial charge in [-0.25, -0.2) is 0 Å². The van der Waals surface area contributed by atoms with E-state index in [0.29, 0.717) is 0 Å². The zero-order valence-electron chi connectivity index (χ0n) is 24.5. The summed E-state index contributed by atoms with van der Waals surface area (Å²) in [7, 11) is 0. The lowest BCUT2D eigenvalue weighted by Crippen LogP contribution is -2.12. The van der Waals surface area contributed by atoms with E-state index < -0.39 is 0 Å². The lowest BCUT2D eigenvalue weighted by Gasteiger charge is -2.26. The third-order valence-electron chi connectivity index (χ3n) is 9.67. The number of rotatable bonds is 3. The number of benzene rings is 6. The molecule has 3 heterocycles. The third-order valence-corrected chi connectivity index (χ3v) is 9.67. The van der Waals surface area contributed by atoms with Crippen molar-refractivity contribution in [1.29, 1.82) is 0 Å². The summed E-state index contributed by atoms with van der Waals surface area (Å²) >= 11 is 0. The Balaban J connectivity index is 1.23. The van der Waals surface area contributed by atoms with E-state index in [9.17, 15) is 0 Å². The van der Waals surface area contributed by atoms with Crippen molar-refractivity contribution in [3.8, 4) is 5.69 Å². The summed E-state index contributed by atoms with van der Waals surface area (Å²) in [6.45, 7) is 0. The van der Waals surface area contributed by atoms with E-state index in [1.165, 1.54) is 65.8 Å². The number of para-hydroxylation sites is 4. The van der Waals surface area contributed by atoms with E-state index >= 15 is 0 Å². The van der Waals surface area contributed by atoms with Gasteiger partial charge in [0, 0.05) is 38.1 Å². The van der Waals surface area contributed by atoms with Crippen LogP contribution in [0.15, 0.2) is 156 Å². The molecule has 1 atom stereocenters. The number of aromatic nitrogens is 2. The standard InChI is InChI=1S/C42H28N2O/c1-6-19-35(44-38-22-9-4-17-32(38)33-24-25-40-41(42(33)44)34-18-5-10-23-39(34)45-40)29(14-1)27-12-11-13-28(26-27)43-36-20-7-2-15-30(36)31-16-3-8-21-37(31)43/h1-18,20-26,35H,19H2. The minimum atomic E-state index is 0.116. The van der Waals surface area contributed by atoms with Gasteiger partial charge < -0.3 is 13.6 Å². The zero-order valence-corrected chi connectivity index (χ0v) is 24.5. The van der Waals surface area contributed by atoms with Gasteiger partial charge >= 0.3 is 0 Å². The van der Waals surface area contributed by atoms with Crippen LogP contribution in [-0.2, 0) is 0 Å². The van der Waals surface area contributed by atoms with Crippen molar-refractivity contribution < 1.29 is 4.42 Å². The maximum Gasteiger partial charge on any atom is 0.137 e. The summed E-state index contributed by atoms with van der Waals surface area (Å²) in [6, 6.07) is 48.3. The zero-order chi connectivity index (χ0) is 29.5. The van der Waals surface area contributed by atoms with E-state index in [4.69, 9.17) is 4.42 Å². The first kappa shape index (κ1) is 24.6. The first-order chi connectivity index (χ1) is 22.3. The fourth-order valence-electron chi connectivity index (χ4n) is 7.80. The van der Waals surface area contributed by atoms with Gasteiger partial charge in [0.15, 0.2) is 0 Å². The second-order valence-corrected chi connectivity index (χ2v) is 12.0. The van der Waals surface area contributed by atoms with Gasteiger partial charge in [0.2, 0.25) is 0 Å². The summed E-state index contributed by atoms with van der Waals surface area (Å²) in [5.74, 6) is 0. The van der Waals surface area contributed by atoms with E-state index in [1.54, 1.807) is 0 Å². The quantitative estimate of drug-likeness (QED) is 0.205. The second-order valence-electron chi connectivity index (χ2n) is 12.0. The number of hydrogen-bond donors (Lipinski definition) is 0. The van der Waals surface area contributed by atoms with Crippen molar-refractivity contribution in [2.45, 2.75) is 12.5 Å². The van der Waals surface area contributed by atoms with Crippen LogP contribution in [0.4, 0.5) is 0 Å². The molecule has 9 aromatic rings. The molecule has 3 nitrogen and oxygen atoms in total. The lowest BCUT2D eigenvalue weighted by atomic mass is 9.91. The van der Waals surface area contributed by atoms with Gasteiger partial charge in [0.1, 0.15) is 11.2 Å². The Morgan fingerprint density at radius 1 is 0.556 bits per heavy atom. The molecule has 45 heavy (non-hydrogen) atoms. The highest BCUT2D eigenvalue weighted by Crippen LogP contribution is 2.45. The predicted molar refractivity (Wildman–Crippen MR) is 188 cm³/mol. The molecule has 3 heteroatoms. The van der Waals surface area contributed by atoms with E-state index in [2.05, 4.69) is 155 Å². The van der Waals surface area contributed by atoms with Crippen LogP contribution in [-0.4, -0.2) is 9.13 Å². The minimum absolute atomic E-state index is 0.116. The maximum atomic E-state index is 6.39. The van der Waals surface area contributed by atoms with Gasteiger partial charge in [-0.3, -0.25) is 0 Å². The number of nitrogens with zero attached hydrogens (tertiary/aromatic N) is 2. The number of hydrogen-bond acceptors (Lipinski definition) is 1. The molecule has 0 amide bonds. The van der Waals surface area contributed by atoms with Gasteiger partial charge in [-0.05, 0) is 66.1 Å². The Hall–Kier alpha value is -5.80. The predicted octanol–water partition coefficient (Wildman–Crippen LogP) is 11.4. The van der Waals surface area contributed by atoms with Crippen LogP contribution in [0.5, 0.6) is 0 Å². The van der Waals surface area contributed by atoms with Crippen molar-refractivity contribution in [3.05, 3.63) is 157 Å². The summed E-state index contributed by atoms with van der Waals surface area (Å²) in [5, 5.41) is 7.43. The van der Waals surface area contributed by atoms with Gasteiger partial charge in [0.05, 0.1) is 28.0 Å². The third kappa shape index (κ3) is 3.46. The molecule has 0 fully saturated rings. The SMILES string of the molecule is C1=CCC(n2c3ccccc3c3ccc4oc5ccccc5c4c32)C(c2cccc(-n3c4ccccc4c4ccccc43)c2)=C1. The van der Waals surface area contributed by atoms with Crippen LogP contribution < -0.4 is 0 Å². The van der Waals surface area contributed by atoms with Crippen LogP contribution >= 0.6 is 0 Å². The molecule has 0 aliphatic heterocycles. The summed E-state index contributed by atoms with van der Waals surface area (Å²) in [4.78, 5) is 0. The topological polar surface area (TPSA) is 23.0 Å². The van der Waals surface area contributed by atoms with Gasteiger partial charge in [-0.15, -0.1) is 0 Å². The van der Waals surface area contributed by atoms with E-state index in [0.717, 1.165) is 23.0 Å². The van der Waals surface area contributed by atoms with Crippen LogP contribution in [0.25, 0.3) is 76.8 Å². The van der Waals surface area contributed by atoms with Crippen LogP contribution in [0, 0.1) is 0 Å². The Kier molecular flexibility index (Phi) is 5.11. The highest BCUT2D eigenvalue weighted by atomic mass is 16.3. The molecule has 10 rings (SSSR count). The van der Waals surface area contributed by atoms with E-state index in [-0.39, 0.29) is 6.04 Å². The average molecular weight is 577 g/mol. The fourth-order valence-corrected chi connectivity index (χ4v) is 7.80. The van der Waals surface area contributed by atoms with Crippen molar-refractivity contribution >= 4 is 71.1 Å². The van der Waals surface area contributed by atoms with Crippen molar-refractivity contribution in [2.24, 2.45) is 0 Å². The lowest BCUT2D eigenvalue weighted by molar-refractivity contribution is 0.663. The van der Waals surface area contributed by atoms with Gasteiger partial charge in [-0.2, -0.15) is 0 Å². The van der Waals surface area contributed by atoms with Crippen molar-refractivity contribution in [1.82, 2.24) is 9.13 Å². The highest BCUT2D eigenvalue weighted by molar-refractivity contribution is 6.24. The Morgan fingerprint density at radius 2 is 1.22 bits per heavy atom. The maximum absolute atomic E-state index is 6.39. The van der Waals surface area contributed by atoms with Crippen molar-refractivity contribution in [3.63, 3.8) is 0 Å².